The van der Waals surface area contributed by atoms with Gasteiger partial charge in [0.2, 0.25) is 0 Å². The number of carbonyl (C=O) groups excluding carboxylic acids is 1. The molecule has 1 saturated carbocycles. The van der Waals surface area contributed by atoms with Crippen LogP contribution in [0.5, 0.6) is 0 Å². The number of alkyl halides is 3. The minimum absolute atomic E-state index is 0.0160. The highest BCUT2D eigenvalue weighted by atomic mass is 35.5. The Bertz CT molecular complexity index is 825. The second kappa shape index (κ2) is 8.95. The molecule has 1 aliphatic rings. The van der Waals surface area contributed by atoms with E-state index < -0.39 is 11.7 Å². The van der Waals surface area contributed by atoms with Crippen LogP contribution < -0.4 is 0 Å². The lowest BCUT2D eigenvalue weighted by atomic mass is 9.77. The fourth-order valence-electron chi connectivity index (χ4n) is 3.86. The van der Waals surface area contributed by atoms with Gasteiger partial charge in [0.25, 0.3) is 0 Å². The summed E-state index contributed by atoms with van der Waals surface area (Å²) in [4.78, 5) is 18.2. The molecule has 0 spiro atoms. The molecule has 0 bridgehead atoms. The number of nitrogens with zero attached hydrogens (tertiary/aromatic N) is 1. The molecule has 1 aromatic heterocycles. The predicted octanol–water partition coefficient (Wildman–Crippen LogP) is 7.14. The van der Waals surface area contributed by atoms with Crippen molar-refractivity contribution in [2.24, 2.45) is 11.8 Å². The van der Waals surface area contributed by atoms with E-state index in [9.17, 15) is 18.0 Å². The number of hydrogen-bond donors (Lipinski definition) is 0. The third kappa shape index (κ3) is 5.57. The SMILES string of the molecule is Cc1cnc(CCC2CCC(CC(=O)c3cc(C(F)(F)F)ccc3Cl)CC2)s1. The average Bonchev–Trinajstić information content (AvgIpc) is 3.06. The molecule has 2 nitrogen and oxygen atoms in total. The maximum Gasteiger partial charge on any atom is 0.416 e. The molecule has 0 unspecified atom stereocenters. The van der Waals surface area contributed by atoms with Crippen molar-refractivity contribution in [3.8, 4) is 0 Å². The molecule has 1 aromatic carbocycles. The summed E-state index contributed by atoms with van der Waals surface area (Å²) in [5.41, 5.74) is -0.848. The van der Waals surface area contributed by atoms with Gasteiger partial charge in [0, 0.05) is 23.1 Å². The molecule has 0 saturated heterocycles. The minimum Gasteiger partial charge on any atom is -0.294 e. The van der Waals surface area contributed by atoms with Gasteiger partial charge in [-0.25, -0.2) is 4.98 Å². The van der Waals surface area contributed by atoms with Crippen molar-refractivity contribution in [1.82, 2.24) is 4.98 Å². The van der Waals surface area contributed by atoms with Gasteiger partial charge in [0.15, 0.2) is 5.78 Å². The number of aryl methyl sites for hydroxylation is 2. The number of rotatable bonds is 6. The highest BCUT2D eigenvalue weighted by Gasteiger charge is 2.32. The van der Waals surface area contributed by atoms with Gasteiger partial charge >= 0.3 is 6.18 Å². The Morgan fingerprint density at radius 2 is 1.89 bits per heavy atom. The van der Waals surface area contributed by atoms with Gasteiger partial charge in [0.1, 0.15) is 0 Å². The zero-order chi connectivity index (χ0) is 20.3. The van der Waals surface area contributed by atoms with Gasteiger partial charge in [0.05, 0.1) is 15.6 Å². The molecule has 0 atom stereocenters. The fourth-order valence-corrected chi connectivity index (χ4v) is 4.88. The molecule has 28 heavy (non-hydrogen) atoms. The van der Waals surface area contributed by atoms with Gasteiger partial charge in [-0.3, -0.25) is 4.79 Å². The lowest BCUT2D eigenvalue weighted by Gasteiger charge is -2.28. The Hall–Kier alpha value is -1.40. The van der Waals surface area contributed by atoms with Crippen molar-refractivity contribution in [2.75, 3.05) is 0 Å². The first-order valence-electron chi connectivity index (χ1n) is 9.53. The zero-order valence-electron chi connectivity index (χ0n) is 15.7. The van der Waals surface area contributed by atoms with E-state index in [0.717, 1.165) is 56.7 Å². The van der Waals surface area contributed by atoms with Crippen molar-refractivity contribution >= 4 is 28.7 Å². The number of aromatic nitrogens is 1. The number of carbonyl (C=O) groups is 1. The zero-order valence-corrected chi connectivity index (χ0v) is 17.3. The molecule has 7 heteroatoms. The van der Waals surface area contributed by atoms with E-state index >= 15 is 0 Å². The van der Waals surface area contributed by atoms with Crippen LogP contribution >= 0.6 is 22.9 Å². The number of benzene rings is 1. The third-order valence-electron chi connectivity index (χ3n) is 5.47. The highest BCUT2D eigenvalue weighted by molar-refractivity contribution is 7.11. The van der Waals surface area contributed by atoms with Crippen molar-refractivity contribution in [3.63, 3.8) is 0 Å². The van der Waals surface area contributed by atoms with Gasteiger partial charge in [-0.2, -0.15) is 13.2 Å². The smallest absolute Gasteiger partial charge is 0.294 e. The summed E-state index contributed by atoms with van der Waals surface area (Å²) < 4.78 is 38.7. The number of hydrogen-bond acceptors (Lipinski definition) is 3. The highest BCUT2D eigenvalue weighted by Crippen LogP contribution is 2.36. The topological polar surface area (TPSA) is 30.0 Å². The molecular weight excluding hydrogens is 407 g/mol. The summed E-state index contributed by atoms with van der Waals surface area (Å²) in [6, 6.07) is 2.95. The molecule has 1 aliphatic carbocycles. The maximum absolute atomic E-state index is 12.9. The summed E-state index contributed by atoms with van der Waals surface area (Å²) in [7, 11) is 0. The number of ketones is 1. The van der Waals surface area contributed by atoms with E-state index in [-0.39, 0.29) is 28.7 Å². The van der Waals surface area contributed by atoms with Crippen LogP contribution in [0, 0.1) is 18.8 Å². The second-order valence-corrected chi connectivity index (χ2v) is 9.34. The predicted molar refractivity (Wildman–Crippen MR) is 106 cm³/mol. The lowest BCUT2D eigenvalue weighted by molar-refractivity contribution is -0.137. The standard InChI is InChI=1S/C21H23ClF3NOS/c1-13-12-26-20(28-13)9-6-14-2-4-15(5-3-14)10-19(27)17-11-16(21(23,24)25)7-8-18(17)22/h7-8,11-12,14-15H,2-6,9-10H2,1H3. The van der Waals surface area contributed by atoms with E-state index in [1.807, 2.05) is 6.20 Å². The first-order valence-corrected chi connectivity index (χ1v) is 10.7. The van der Waals surface area contributed by atoms with E-state index in [1.54, 1.807) is 11.3 Å². The minimum atomic E-state index is -4.48. The van der Waals surface area contributed by atoms with Gasteiger partial charge in [-0.1, -0.05) is 24.4 Å². The molecule has 1 heterocycles. The number of Topliss-reactive ketones (excluding diaryl/α,β-unsaturated/α-hetero) is 1. The van der Waals surface area contributed by atoms with Crippen LogP contribution in [0.4, 0.5) is 13.2 Å². The van der Waals surface area contributed by atoms with E-state index in [2.05, 4.69) is 11.9 Å². The van der Waals surface area contributed by atoms with Gasteiger partial charge in [-0.05, 0) is 62.6 Å². The molecule has 1 fully saturated rings. The molecule has 3 rings (SSSR count). The van der Waals surface area contributed by atoms with Gasteiger partial charge in [-0.15, -0.1) is 11.3 Å². The summed E-state index contributed by atoms with van der Waals surface area (Å²) in [5.74, 6) is 0.557. The normalized spacial score (nSPS) is 20.3. The molecular formula is C21H23ClF3NOS. The lowest BCUT2D eigenvalue weighted by Crippen LogP contribution is -2.18. The van der Waals surface area contributed by atoms with Crippen LogP contribution in [-0.2, 0) is 12.6 Å². The van der Waals surface area contributed by atoms with E-state index in [0.29, 0.717) is 5.92 Å². The van der Waals surface area contributed by atoms with Crippen LogP contribution in [0.2, 0.25) is 5.02 Å². The molecule has 0 radical (unpaired) electrons. The monoisotopic (exact) mass is 429 g/mol. The summed E-state index contributed by atoms with van der Waals surface area (Å²) in [5, 5.41) is 1.26. The number of halogens is 4. The van der Waals surface area contributed by atoms with Crippen LogP contribution in [-0.4, -0.2) is 10.8 Å². The molecule has 0 aliphatic heterocycles. The molecule has 0 N–H and O–H groups in total. The first kappa shape index (κ1) is 21.3. The first-order chi connectivity index (χ1) is 13.2. The Morgan fingerprint density at radius 1 is 1.21 bits per heavy atom. The second-order valence-electron chi connectivity index (χ2n) is 7.61. The summed E-state index contributed by atoms with van der Waals surface area (Å²) in [6.45, 7) is 2.06. The molecule has 152 valence electrons. The van der Waals surface area contributed by atoms with Gasteiger partial charge < -0.3 is 0 Å². The molecule has 2 aromatic rings. The molecule has 0 amide bonds. The van der Waals surface area contributed by atoms with E-state index in [4.69, 9.17) is 11.6 Å². The fraction of sp³-hybridized carbons (Fsp3) is 0.524. The van der Waals surface area contributed by atoms with Crippen molar-refractivity contribution in [3.05, 3.63) is 50.4 Å². The third-order valence-corrected chi connectivity index (χ3v) is 6.77. The summed E-state index contributed by atoms with van der Waals surface area (Å²) >= 11 is 7.73. The van der Waals surface area contributed by atoms with Crippen LogP contribution in [0.1, 0.15) is 64.3 Å². The maximum atomic E-state index is 12.9. The Morgan fingerprint density at radius 3 is 2.50 bits per heavy atom. The van der Waals surface area contributed by atoms with Crippen molar-refractivity contribution in [1.29, 1.82) is 0 Å². The van der Waals surface area contributed by atoms with Crippen LogP contribution in [0.15, 0.2) is 24.4 Å². The largest absolute Gasteiger partial charge is 0.416 e. The Kier molecular flexibility index (Phi) is 6.81. The summed E-state index contributed by atoms with van der Waals surface area (Å²) in [6.07, 6.45) is 3.76. The van der Waals surface area contributed by atoms with Crippen molar-refractivity contribution < 1.29 is 18.0 Å². The number of thiazole rings is 1. The van der Waals surface area contributed by atoms with Crippen LogP contribution in [0.3, 0.4) is 0 Å². The average molecular weight is 430 g/mol. The van der Waals surface area contributed by atoms with E-state index in [1.165, 1.54) is 9.88 Å². The Labute approximate surface area is 172 Å². The van der Waals surface area contributed by atoms with Crippen molar-refractivity contribution in [2.45, 2.75) is 58.0 Å². The quantitative estimate of drug-likeness (QED) is 0.457. The van der Waals surface area contributed by atoms with Crippen LogP contribution in [0.25, 0.3) is 0 Å². The Balaban J connectivity index is 1.51.